The predicted octanol–water partition coefficient (Wildman–Crippen LogP) is 0.847. The lowest BCUT2D eigenvalue weighted by Crippen LogP contribution is -3.16. The lowest BCUT2D eigenvalue weighted by Gasteiger charge is -2.31. The topological polar surface area (TPSA) is 62.6 Å². The fourth-order valence-electron chi connectivity index (χ4n) is 3.00. The van der Waals surface area contributed by atoms with Crippen molar-refractivity contribution in [2.75, 3.05) is 44.2 Å². The van der Waals surface area contributed by atoms with Gasteiger partial charge in [-0.05, 0) is 30.2 Å². The fourth-order valence-corrected chi connectivity index (χ4v) is 3.51. The molecule has 1 aliphatic heterocycles. The standard InChI is InChI=1S/C18H21Cl2N5O/c19-15-3-2-14(16(20)12-15)4-7-21-17(26)13-24-8-10-25(11-9-24)18-22-5-1-6-23-18/h1-3,5-6,12H,4,7-11,13H2,(H,21,26)/p+1. The second-order valence-corrected chi connectivity index (χ2v) is 7.14. The third-order valence-corrected chi connectivity index (χ3v) is 5.03. The number of carbonyl (C=O) groups is 1. The van der Waals surface area contributed by atoms with Crippen molar-refractivity contribution in [3.05, 3.63) is 52.3 Å². The molecule has 26 heavy (non-hydrogen) atoms. The number of anilines is 1. The van der Waals surface area contributed by atoms with Crippen LogP contribution in [0.5, 0.6) is 0 Å². The Labute approximate surface area is 163 Å². The summed E-state index contributed by atoms with van der Waals surface area (Å²) in [5.41, 5.74) is 0.986. The summed E-state index contributed by atoms with van der Waals surface area (Å²) in [5, 5.41) is 4.23. The minimum atomic E-state index is 0.0643. The van der Waals surface area contributed by atoms with Crippen molar-refractivity contribution < 1.29 is 9.69 Å². The maximum atomic E-state index is 12.2. The van der Waals surface area contributed by atoms with Crippen molar-refractivity contribution in [1.29, 1.82) is 0 Å². The van der Waals surface area contributed by atoms with Crippen molar-refractivity contribution in [3.8, 4) is 0 Å². The molecule has 8 heteroatoms. The number of halogens is 2. The number of piperazine rings is 1. The summed E-state index contributed by atoms with van der Waals surface area (Å²) < 4.78 is 0. The van der Waals surface area contributed by atoms with Crippen LogP contribution < -0.4 is 15.1 Å². The van der Waals surface area contributed by atoms with Crippen molar-refractivity contribution in [1.82, 2.24) is 15.3 Å². The Hall–Kier alpha value is -1.89. The molecule has 0 spiro atoms. The quantitative estimate of drug-likeness (QED) is 0.762. The van der Waals surface area contributed by atoms with Gasteiger partial charge in [-0.25, -0.2) is 9.97 Å². The van der Waals surface area contributed by atoms with E-state index in [9.17, 15) is 4.79 Å². The summed E-state index contributed by atoms with van der Waals surface area (Å²) in [5.74, 6) is 0.824. The average molecular weight is 395 g/mol. The molecule has 1 aliphatic rings. The van der Waals surface area contributed by atoms with Crippen molar-refractivity contribution in [3.63, 3.8) is 0 Å². The maximum absolute atomic E-state index is 12.2. The number of hydrogen-bond acceptors (Lipinski definition) is 4. The molecule has 1 aromatic heterocycles. The van der Waals surface area contributed by atoms with Crippen LogP contribution in [0.3, 0.4) is 0 Å². The predicted molar refractivity (Wildman–Crippen MR) is 103 cm³/mol. The van der Waals surface area contributed by atoms with Gasteiger partial charge in [-0.1, -0.05) is 29.3 Å². The lowest BCUT2D eigenvalue weighted by molar-refractivity contribution is -0.892. The van der Waals surface area contributed by atoms with Gasteiger partial charge in [-0.2, -0.15) is 0 Å². The van der Waals surface area contributed by atoms with E-state index in [1.807, 2.05) is 18.2 Å². The van der Waals surface area contributed by atoms with Gasteiger partial charge in [0.2, 0.25) is 5.95 Å². The first-order chi connectivity index (χ1) is 12.6. The Morgan fingerprint density at radius 2 is 1.92 bits per heavy atom. The summed E-state index contributed by atoms with van der Waals surface area (Å²) in [6, 6.07) is 7.24. The molecule has 1 amide bonds. The van der Waals surface area contributed by atoms with Crippen LogP contribution in [0.2, 0.25) is 10.0 Å². The molecule has 1 saturated heterocycles. The van der Waals surface area contributed by atoms with Crippen LogP contribution in [-0.4, -0.2) is 55.1 Å². The largest absolute Gasteiger partial charge is 0.351 e. The van der Waals surface area contributed by atoms with E-state index in [1.54, 1.807) is 18.5 Å². The highest BCUT2D eigenvalue weighted by Gasteiger charge is 2.23. The maximum Gasteiger partial charge on any atom is 0.275 e. The van der Waals surface area contributed by atoms with E-state index in [1.165, 1.54) is 4.90 Å². The van der Waals surface area contributed by atoms with Gasteiger partial charge in [0.15, 0.2) is 6.54 Å². The molecule has 1 aromatic carbocycles. The molecule has 6 nitrogen and oxygen atoms in total. The number of hydrogen-bond donors (Lipinski definition) is 2. The average Bonchev–Trinajstić information content (AvgIpc) is 2.65. The highest BCUT2D eigenvalue weighted by Crippen LogP contribution is 2.20. The van der Waals surface area contributed by atoms with E-state index in [-0.39, 0.29) is 5.91 Å². The number of quaternary nitrogens is 1. The molecule has 2 heterocycles. The Morgan fingerprint density at radius 3 is 2.62 bits per heavy atom. The van der Waals surface area contributed by atoms with Gasteiger partial charge in [0.25, 0.3) is 5.91 Å². The summed E-state index contributed by atoms with van der Waals surface area (Å²) in [7, 11) is 0. The van der Waals surface area contributed by atoms with Gasteiger partial charge in [-0.3, -0.25) is 4.79 Å². The highest BCUT2D eigenvalue weighted by atomic mass is 35.5. The summed E-state index contributed by atoms with van der Waals surface area (Å²) in [4.78, 5) is 24.2. The number of nitrogens with one attached hydrogen (secondary N) is 2. The molecule has 138 valence electrons. The minimum absolute atomic E-state index is 0.0643. The molecule has 0 aliphatic carbocycles. The second-order valence-electron chi connectivity index (χ2n) is 6.30. The minimum Gasteiger partial charge on any atom is -0.351 e. The van der Waals surface area contributed by atoms with Crippen LogP contribution in [0.15, 0.2) is 36.7 Å². The third-order valence-electron chi connectivity index (χ3n) is 4.45. The number of carbonyl (C=O) groups excluding carboxylic acids is 1. The summed E-state index contributed by atoms with van der Waals surface area (Å²) >= 11 is 12.0. The first-order valence-electron chi connectivity index (χ1n) is 8.68. The van der Waals surface area contributed by atoms with Crippen molar-refractivity contribution >= 4 is 35.1 Å². The van der Waals surface area contributed by atoms with E-state index >= 15 is 0 Å². The van der Waals surface area contributed by atoms with Crippen molar-refractivity contribution in [2.24, 2.45) is 0 Å². The van der Waals surface area contributed by atoms with E-state index in [0.717, 1.165) is 37.7 Å². The van der Waals surface area contributed by atoms with Crippen LogP contribution in [0, 0.1) is 0 Å². The summed E-state index contributed by atoms with van der Waals surface area (Å²) in [6.45, 7) is 4.55. The molecular weight excluding hydrogens is 373 g/mol. The van der Waals surface area contributed by atoms with Gasteiger partial charge < -0.3 is 15.1 Å². The number of rotatable bonds is 6. The Bertz CT molecular complexity index is 736. The molecule has 0 unspecified atom stereocenters. The Morgan fingerprint density at radius 1 is 1.19 bits per heavy atom. The SMILES string of the molecule is O=C(C[NH+]1CCN(c2ncccn2)CC1)NCCc1ccc(Cl)cc1Cl. The number of benzene rings is 1. The van der Waals surface area contributed by atoms with Gasteiger partial charge in [0.05, 0.1) is 26.2 Å². The molecule has 0 saturated carbocycles. The second kappa shape index (κ2) is 9.16. The zero-order chi connectivity index (χ0) is 18.4. The molecule has 3 rings (SSSR count). The molecule has 2 aromatic rings. The smallest absolute Gasteiger partial charge is 0.275 e. The molecule has 1 fully saturated rings. The lowest BCUT2D eigenvalue weighted by atomic mass is 10.1. The van der Waals surface area contributed by atoms with Crippen LogP contribution in [-0.2, 0) is 11.2 Å². The summed E-state index contributed by atoms with van der Waals surface area (Å²) in [6.07, 6.45) is 4.19. The number of aromatic nitrogens is 2. The van der Waals surface area contributed by atoms with Crippen LogP contribution in [0.1, 0.15) is 5.56 Å². The van der Waals surface area contributed by atoms with E-state index in [4.69, 9.17) is 23.2 Å². The third kappa shape index (κ3) is 5.30. The van der Waals surface area contributed by atoms with Gasteiger partial charge >= 0.3 is 0 Å². The van der Waals surface area contributed by atoms with Gasteiger partial charge in [0.1, 0.15) is 0 Å². The van der Waals surface area contributed by atoms with E-state index in [0.29, 0.717) is 29.6 Å². The highest BCUT2D eigenvalue weighted by molar-refractivity contribution is 6.35. The molecule has 2 N–H and O–H groups in total. The van der Waals surface area contributed by atoms with Gasteiger partial charge in [0, 0.05) is 29.0 Å². The van der Waals surface area contributed by atoms with E-state index < -0.39 is 0 Å². The Balaban J connectivity index is 1.38. The van der Waals surface area contributed by atoms with E-state index in [2.05, 4.69) is 20.2 Å². The molecule has 0 radical (unpaired) electrons. The van der Waals surface area contributed by atoms with Crippen LogP contribution in [0.25, 0.3) is 0 Å². The van der Waals surface area contributed by atoms with Crippen molar-refractivity contribution in [2.45, 2.75) is 6.42 Å². The molecular formula is C18H22Cl2N5O+. The molecule has 0 bridgehead atoms. The normalized spacial score (nSPS) is 15.1. The van der Waals surface area contributed by atoms with Gasteiger partial charge in [-0.15, -0.1) is 0 Å². The fraction of sp³-hybridized carbons (Fsp3) is 0.389. The number of amides is 1. The zero-order valence-electron chi connectivity index (χ0n) is 14.4. The first-order valence-corrected chi connectivity index (χ1v) is 9.43. The van der Waals surface area contributed by atoms with Crippen LogP contribution in [0.4, 0.5) is 5.95 Å². The Kier molecular flexibility index (Phi) is 6.66. The van der Waals surface area contributed by atoms with Crippen LogP contribution >= 0.6 is 23.2 Å². The number of nitrogens with zero attached hydrogens (tertiary/aromatic N) is 3. The zero-order valence-corrected chi connectivity index (χ0v) is 15.9. The first kappa shape index (κ1) is 18.9. The monoisotopic (exact) mass is 394 g/mol. The molecule has 0 atom stereocenters.